The van der Waals surface area contributed by atoms with Crippen LogP contribution in [0.3, 0.4) is 0 Å². The maximum absolute atomic E-state index is 12.6. The summed E-state index contributed by atoms with van der Waals surface area (Å²) in [6.07, 6.45) is 2.12. The molecule has 1 aromatic heterocycles. The van der Waals surface area contributed by atoms with E-state index in [1.54, 1.807) is 13.0 Å². The maximum Gasteiger partial charge on any atom is 0.274 e. The van der Waals surface area contributed by atoms with Gasteiger partial charge < -0.3 is 5.32 Å². The second-order valence-corrected chi connectivity index (χ2v) is 5.85. The molecule has 2 aromatic carbocycles. The number of benzene rings is 2. The largest absolute Gasteiger partial charge is 0.320 e. The molecular weight excluding hydrogens is 312 g/mol. The van der Waals surface area contributed by atoms with Crippen LogP contribution in [0.4, 0.5) is 5.69 Å². The van der Waals surface area contributed by atoms with Gasteiger partial charge in [-0.15, -0.1) is 0 Å². The summed E-state index contributed by atoms with van der Waals surface area (Å²) in [5, 5.41) is 2.93. The smallest absolute Gasteiger partial charge is 0.274 e. The number of carbonyl (C=O) groups is 2. The third-order valence-electron chi connectivity index (χ3n) is 4.12. The predicted molar refractivity (Wildman–Crippen MR) is 98.9 cm³/mol. The van der Waals surface area contributed by atoms with Crippen molar-refractivity contribution in [2.45, 2.75) is 13.8 Å². The van der Waals surface area contributed by atoms with Crippen LogP contribution in [0.2, 0.25) is 0 Å². The summed E-state index contributed by atoms with van der Waals surface area (Å²) >= 11 is 0. The van der Waals surface area contributed by atoms with Gasteiger partial charge in [0.2, 0.25) is 0 Å². The number of nitrogens with one attached hydrogen (secondary N) is 1. The van der Waals surface area contributed by atoms with Gasteiger partial charge in [-0.05, 0) is 48.2 Å². The first-order valence-corrected chi connectivity index (χ1v) is 7.98. The van der Waals surface area contributed by atoms with Crippen molar-refractivity contribution in [2.75, 3.05) is 5.32 Å². The molecule has 0 saturated carbocycles. The van der Waals surface area contributed by atoms with Gasteiger partial charge in [0.25, 0.3) is 5.91 Å². The zero-order valence-electron chi connectivity index (χ0n) is 14.1. The fourth-order valence-corrected chi connectivity index (χ4v) is 2.78. The van der Waals surface area contributed by atoms with E-state index in [4.69, 9.17) is 0 Å². The first kappa shape index (κ1) is 16.6. The lowest BCUT2D eigenvalue weighted by molar-refractivity contribution is 0.102. The van der Waals surface area contributed by atoms with Crippen LogP contribution in [0.25, 0.3) is 11.1 Å². The van der Waals surface area contributed by atoms with Gasteiger partial charge in [-0.3, -0.25) is 14.6 Å². The highest BCUT2D eigenvalue weighted by atomic mass is 16.1. The van der Waals surface area contributed by atoms with Gasteiger partial charge in [-0.25, -0.2) is 0 Å². The Bertz CT molecular complexity index is 934. The monoisotopic (exact) mass is 330 g/mol. The van der Waals surface area contributed by atoms with E-state index < -0.39 is 0 Å². The number of carbonyl (C=O) groups excluding carboxylic acids is 2. The molecule has 3 rings (SSSR count). The van der Waals surface area contributed by atoms with Crippen LogP contribution in [0, 0.1) is 13.8 Å². The lowest BCUT2D eigenvalue weighted by Crippen LogP contribution is -2.16. The molecule has 25 heavy (non-hydrogen) atoms. The number of hydrogen-bond donors (Lipinski definition) is 1. The first-order chi connectivity index (χ1) is 12.1. The molecule has 1 N–H and O–H groups in total. The zero-order valence-corrected chi connectivity index (χ0v) is 14.1. The number of aldehydes is 1. The molecule has 3 aromatic rings. The van der Waals surface area contributed by atoms with E-state index in [0.717, 1.165) is 28.7 Å². The van der Waals surface area contributed by atoms with Crippen molar-refractivity contribution in [1.29, 1.82) is 0 Å². The van der Waals surface area contributed by atoms with Gasteiger partial charge in [0.05, 0.1) is 0 Å². The van der Waals surface area contributed by atoms with E-state index in [9.17, 15) is 9.59 Å². The Kier molecular flexibility index (Phi) is 4.70. The Morgan fingerprint density at radius 2 is 1.80 bits per heavy atom. The highest BCUT2D eigenvalue weighted by Gasteiger charge is 2.14. The Balaban J connectivity index is 1.91. The maximum atomic E-state index is 12.6. The van der Waals surface area contributed by atoms with Gasteiger partial charge >= 0.3 is 0 Å². The molecule has 4 heteroatoms. The van der Waals surface area contributed by atoms with Gasteiger partial charge in [0.15, 0.2) is 6.29 Å². The molecule has 0 unspecified atom stereocenters. The molecule has 4 nitrogen and oxygen atoms in total. The third-order valence-corrected chi connectivity index (χ3v) is 4.12. The standard InChI is InChI=1S/C21H18N2O2/c1-14-11-16(13-24)12-22-20(14)21(25)23-19-10-6-9-18(15(19)2)17-7-4-3-5-8-17/h3-13H,1-2H3,(H,23,25). The summed E-state index contributed by atoms with van der Waals surface area (Å²) in [7, 11) is 0. The number of nitrogens with zero attached hydrogens (tertiary/aromatic N) is 1. The summed E-state index contributed by atoms with van der Waals surface area (Å²) in [6.45, 7) is 3.75. The fraction of sp³-hybridized carbons (Fsp3) is 0.0952. The highest BCUT2D eigenvalue weighted by Crippen LogP contribution is 2.28. The Morgan fingerprint density at radius 3 is 2.48 bits per heavy atom. The SMILES string of the molecule is Cc1cc(C=O)cnc1C(=O)Nc1cccc(-c2ccccc2)c1C. The molecule has 1 heterocycles. The summed E-state index contributed by atoms with van der Waals surface area (Å²) in [6, 6.07) is 17.5. The van der Waals surface area contributed by atoms with E-state index in [1.165, 1.54) is 6.20 Å². The Labute approximate surface area is 146 Å². The van der Waals surface area contributed by atoms with Crippen molar-refractivity contribution in [3.05, 3.63) is 83.2 Å². The van der Waals surface area contributed by atoms with Crippen LogP contribution < -0.4 is 5.32 Å². The summed E-state index contributed by atoms with van der Waals surface area (Å²) < 4.78 is 0. The first-order valence-electron chi connectivity index (χ1n) is 7.98. The molecule has 0 spiro atoms. The van der Waals surface area contributed by atoms with Crippen LogP contribution in [-0.2, 0) is 0 Å². The zero-order chi connectivity index (χ0) is 17.8. The average molecular weight is 330 g/mol. The molecule has 1 amide bonds. The van der Waals surface area contributed by atoms with E-state index in [1.807, 2.05) is 55.5 Å². The molecule has 0 radical (unpaired) electrons. The van der Waals surface area contributed by atoms with Crippen LogP contribution >= 0.6 is 0 Å². The van der Waals surface area contributed by atoms with E-state index >= 15 is 0 Å². The van der Waals surface area contributed by atoms with Gasteiger partial charge in [0.1, 0.15) is 5.69 Å². The molecule has 0 aliphatic carbocycles. The van der Waals surface area contributed by atoms with Crippen molar-refractivity contribution in [2.24, 2.45) is 0 Å². The predicted octanol–water partition coefficient (Wildman–Crippen LogP) is 4.43. The minimum absolute atomic E-state index is 0.289. The van der Waals surface area contributed by atoms with Gasteiger partial charge in [0, 0.05) is 17.4 Å². The van der Waals surface area contributed by atoms with Crippen molar-refractivity contribution >= 4 is 17.9 Å². The summed E-state index contributed by atoms with van der Waals surface area (Å²) in [5.41, 5.74) is 5.33. The van der Waals surface area contributed by atoms with Gasteiger partial charge in [-0.2, -0.15) is 0 Å². The quantitative estimate of drug-likeness (QED) is 0.720. The number of aryl methyl sites for hydroxylation is 1. The second kappa shape index (κ2) is 7.09. The van der Waals surface area contributed by atoms with Crippen molar-refractivity contribution < 1.29 is 9.59 Å². The molecule has 0 fully saturated rings. The number of anilines is 1. The molecule has 0 aliphatic heterocycles. The van der Waals surface area contributed by atoms with Crippen LogP contribution in [0.1, 0.15) is 32.0 Å². The third kappa shape index (κ3) is 3.48. The van der Waals surface area contributed by atoms with Crippen molar-refractivity contribution in [1.82, 2.24) is 4.98 Å². The molecular formula is C21H18N2O2. The summed E-state index contributed by atoms with van der Waals surface area (Å²) in [4.78, 5) is 27.5. The normalized spacial score (nSPS) is 10.3. The number of pyridine rings is 1. The number of rotatable bonds is 4. The molecule has 0 atom stereocenters. The van der Waals surface area contributed by atoms with E-state index in [-0.39, 0.29) is 5.91 Å². The van der Waals surface area contributed by atoms with Crippen LogP contribution in [0.5, 0.6) is 0 Å². The van der Waals surface area contributed by atoms with E-state index in [2.05, 4.69) is 10.3 Å². The lowest BCUT2D eigenvalue weighted by atomic mass is 9.99. The van der Waals surface area contributed by atoms with Crippen molar-refractivity contribution in [3.8, 4) is 11.1 Å². The van der Waals surface area contributed by atoms with Crippen molar-refractivity contribution in [3.63, 3.8) is 0 Å². The second-order valence-electron chi connectivity index (χ2n) is 5.85. The molecule has 124 valence electrons. The highest BCUT2D eigenvalue weighted by molar-refractivity contribution is 6.04. The number of hydrogen-bond acceptors (Lipinski definition) is 3. The topological polar surface area (TPSA) is 59.1 Å². The van der Waals surface area contributed by atoms with Gasteiger partial charge in [-0.1, -0.05) is 42.5 Å². The van der Waals surface area contributed by atoms with E-state index in [0.29, 0.717) is 16.8 Å². The number of aromatic nitrogens is 1. The number of amides is 1. The fourth-order valence-electron chi connectivity index (χ4n) is 2.78. The lowest BCUT2D eigenvalue weighted by Gasteiger charge is -2.13. The minimum atomic E-state index is -0.289. The summed E-state index contributed by atoms with van der Waals surface area (Å²) in [5.74, 6) is -0.289. The average Bonchev–Trinajstić information content (AvgIpc) is 2.64. The Hall–Kier alpha value is -3.27. The van der Waals surface area contributed by atoms with Crippen LogP contribution in [0.15, 0.2) is 60.8 Å². The molecule has 0 bridgehead atoms. The molecule has 0 aliphatic rings. The molecule has 0 saturated heterocycles. The minimum Gasteiger partial charge on any atom is -0.320 e. The Morgan fingerprint density at radius 1 is 1.04 bits per heavy atom. The van der Waals surface area contributed by atoms with Crippen LogP contribution in [-0.4, -0.2) is 17.2 Å².